The van der Waals surface area contributed by atoms with Crippen molar-refractivity contribution in [2.75, 3.05) is 0 Å². The fraction of sp³-hybridized carbons (Fsp3) is 0.0345. The molecule has 13 aromatic rings. The fourth-order valence-electron chi connectivity index (χ4n) is 10.4. The van der Waals surface area contributed by atoms with Gasteiger partial charge in [0.1, 0.15) is 11.1 Å². The zero-order chi connectivity index (χ0) is 41.2. The Labute approximate surface area is 361 Å². The SMILES string of the molecule is C1=CCCC(c2ccc(-c3nc(-n4c5ccc(-c6ccccc6)cc5c5c6c7ccccc7n7c8ccc(-c9ccccc9)cc8c(cc54)c67)c4oc5ccccc5c4n3)cc2)=C1. The van der Waals surface area contributed by atoms with E-state index in [1.54, 1.807) is 0 Å². The Hall–Kier alpha value is -8.28. The van der Waals surface area contributed by atoms with Crippen LogP contribution in [-0.2, 0) is 0 Å². The molecule has 0 saturated heterocycles. The first kappa shape index (κ1) is 34.4. The van der Waals surface area contributed by atoms with Crippen LogP contribution < -0.4 is 0 Å². The minimum Gasteiger partial charge on any atom is -0.450 e. The van der Waals surface area contributed by atoms with Crippen LogP contribution in [0.4, 0.5) is 0 Å². The van der Waals surface area contributed by atoms with Crippen molar-refractivity contribution in [3.63, 3.8) is 0 Å². The molecular weight excluding hydrogens is 769 g/mol. The molecule has 0 fully saturated rings. The zero-order valence-corrected chi connectivity index (χ0v) is 34.1. The molecule has 14 rings (SSSR count). The minimum atomic E-state index is 0.657. The number of fused-ring (bicyclic) bond motifs is 13. The summed E-state index contributed by atoms with van der Waals surface area (Å²) in [6.07, 6.45) is 8.71. The summed E-state index contributed by atoms with van der Waals surface area (Å²) in [6.45, 7) is 0. The third kappa shape index (κ3) is 4.99. The van der Waals surface area contributed by atoms with Crippen molar-refractivity contribution in [3.05, 3.63) is 200 Å². The van der Waals surface area contributed by atoms with Crippen LogP contribution in [0.2, 0.25) is 0 Å². The summed E-state index contributed by atoms with van der Waals surface area (Å²) in [4.78, 5) is 10.9. The van der Waals surface area contributed by atoms with E-state index < -0.39 is 0 Å². The second-order valence-electron chi connectivity index (χ2n) is 16.8. The van der Waals surface area contributed by atoms with Gasteiger partial charge in [-0.1, -0.05) is 146 Å². The van der Waals surface area contributed by atoms with Crippen LogP contribution in [0.15, 0.2) is 199 Å². The van der Waals surface area contributed by atoms with Crippen molar-refractivity contribution in [1.82, 2.24) is 18.9 Å². The van der Waals surface area contributed by atoms with Gasteiger partial charge in [0.2, 0.25) is 0 Å². The molecule has 0 amide bonds. The van der Waals surface area contributed by atoms with E-state index in [0.29, 0.717) is 11.4 Å². The average Bonchev–Trinajstić information content (AvgIpc) is 4.10. The van der Waals surface area contributed by atoms with Gasteiger partial charge in [0.05, 0.1) is 27.6 Å². The monoisotopic (exact) mass is 804 g/mol. The number of rotatable bonds is 5. The van der Waals surface area contributed by atoms with E-state index >= 15 is 0 Å². The second-order valence-corrected chi connectivity index (χ2v) is 16.8. The molecule has 0 spiro atoms. The molecule has 5 aromatic heterocycles. The first-order valence-electron chi connectivity index (χ1n) is 21.7. The molecule has 1 aliphatic carbocycles. The molecule has 1 aliphatic rings. The largest absolute Gasteiger partial charge is 0.450 e. The third-order valence-corrected chi connectivity index (χ3v) is 13.3. The molecule has 0 aliphatic heterocycles. The van der Waals surface area contributed by atoms with Gasteiger partial charge in [-0.2, -0.15) is 0 Å². The molecule has 0 atom stereocenters. The highest BCUT2D eigenvalue weighted by Crippen LogP contribution is 2.48. The molecule has 0 N–H and O–H groups in total. The number of para-hydroxylation sites is 2. The van der Waals surface area contributed by atoms with Crippen LogP contribution in [0, 0.1) is 0 Å². The van der Waals surface area contributed by atoms with Crippen LogP contribution >= 0.6 is 0 Å². The average molecular weight is 805 g/mol. The highest BCUT2D eigenvalue weighted by atomic mass is 16.3. The molecule has 294 valence electrons. The number of benzene rings is 8. The van der Waals surface area contributed by atoms with E-state index in [1.165, 1.54) is 71.3 Å². The molecule has 8 aromatic carbocycles. The third-order valence-electron chi connectivity index (χ3n) is 13.3. The van der Waals surface area contributed by atoms with Gasteiger partial charge in [-0.25, -0.2) is 9.97 Å². The van der Waals surface area contributed by atoms with Crippen molar-refractivity contribution in [2.24, 2.45) is 0 Å². The minimum absolute atomic E-state index is 0.657. The normalized spacial score (nSPS) is 13.3. The molecule has 0 bridgehead atoms. The Balaban J connectivity index is 1.14. The van der Waals surface area contributed by atoms with E-state index in [1.807, 2.05) is 12.1 Å². The van der Waals surface area contributed by atoms with Gasteiger partial charge in [0, 0.05) is 43.3 Å². The Morgan fingerprint density at radius 2 is 1.11 bits per heavy atom. The maximum atomic E-state index is 6.85. The van der Waals surface area contributed by atoms with Gasteiger partial charge >= 0.3 is 0 Å². The molecule has 0 unspecified atom stereocenters. The van der Waals surface area contributed by atoms with E-state index in [0.717, 1.165) is 62.7 Å². The first-order valence-corrected chi connectivity index (χ1v) is 21.7. The van der Waals surface area contributed by atoms with Crippen LogP contribution in [0.3, 0.4) is 0 Å². The standard InChI is InChI=1S/C58H36N4O/c1-4-14-35(15-5-1)38-24-26-39(27-25-38)57-59-54-43-21-11-13-23-51(43)63-56(54)58(60-57)62-49-31-29-41(37-18-8-3-9-19-37)33-46(49)52-50(62)34-45-44-32-40(36-16-6-2-7-17-36)28-30-48(44)61-47-22-12-10-20-42(47)53(52)55(45)61/h1-4,6-14,16-34H,5,15H2. The summed E-state index contributed by atoms with van der Waals surface area (Å²) in [5, 5.41) is 8.19. The highest BCUT2D eigenvalue weighted by molar-refractivity contribution is 6.36. The molecule has 0 radical (unpaired) electrons. The molecule has 5 heterocycles. The summed E-state index contributed by atoms with van der Waals surface area (Å²) in [6, 6.07) is 63.4. The molecule has 0 saturated carbocycles. The van der Waals surface area contributed by atoms with Crippen molar-refractivity contribution >= 4 is 87.5 Å². The lowest BCUT2D eigenvalue weighted by atomic mass is 9.96. The predicted octanol–water partition coefficient (Wildman–Crippen LogP) is 15.4. The summed E-state index contributed by atoms with van der Waals surface area (Å²) in [5.74, 6) is 1.37. The van der Waals surface area contributed by atoms with Crippen molar-refractivity contribution in [3.8, 4) is 39.5 Å². The lowest BCUT2D eigenvalue weighted by molar-refractivity contribution is 0.662. The summed E-state index contributed by atoms with van der Waals surface area (Å²) in [5.41, 5.74) is 16.2. The summed E-state index contributed by atoms with van der Waals surface area (Å²) in [7, 11) is 0. The van der Waals surface area contributed by atoms with E-state index in [4.69, 9.17) is 14.4 Å². The maximum absolute atomic E-state index is 6.85. The van der Waals surface area contributed by atoms with Gasteiger partial charge in [-0.3, -0.25) is 4.57 Å². The Bertz CT molecular complexity index is 4050. The lowest BCUT2D eigenvalue weighted by Gasteiger charge is -2.12. The van der Waals surface area contributed by atoms with Crippen molar-refractivity contribution < 1.29 is 4.42 Å². The number of hydrogen-bond acceptors (Lipinski definition) is 3. The van der Waals surface area contributed by atoms with Gasteiger partial charge in [0.25, 0.3) is 0 Å². The van der Waals surface area contributed by atoms with Crippen molar-refractivity contribution in [1.29, 1.82) is 0 Å². The van der Waals surface area contributed by atoms with Crippen LogP contribution in [0.1, 0.15) is 18.4 Å². The van der Waals surface area contributed by atoms with Crippen LogP contribution in [0.5, 0.6) is 0 Å². The molecular formula is C58H36N4O. The van der Waals surface area contributed by atoms with Gasteiger partial charge in [-0.15, -0.1) is 0 Å². The molecule has 5 heteroatoms. The Morgan fingerprint density at radius 1 is 0.460 bits per heavy atom. The fourth-order valence-corrected chi connectivity index (χ4v) is 10.4. The van der Waals surface area contributed by atoms with Crippen molar-refractivity contribution in [2.45, 2.75) is 12.8 Å². The quantitative estimate of drug-likeness (QED) is 0.174. The van der Waals surface area contributed by atoms with E-state index in [2.05, 4.69) is 191 Å². The Kier molecular flexibility index (Phi) is 7.17. The second kappa shape index (κ2) is 13.1. The number of aromatic nitrogens is 4. The van der Waals surface area contributed by atoms with Crippen LogP contribution in [0.25, 0.3) is 127 Å². The summed E-state index contributed by atoms with van der Waals surface area (Å²) < 4.78 is 11.7. The number of allylic oxidation sites excluding steroid dienone is 4. The number of nitrogens with zero attached hydrogens (tertiary/aromatic N) is 4. The first-order chi connectivity index (χ1) is 31.2. The Morgan fingerprint density at radius 3 is 1.87 bits per heavy atom. The molecule has 5 nitrogen and oxygen atoms in total. The predicted molar refractivity (Wildman–Crippen MR) is 261 cm³/mol. The zero-order valence-electron chi connectivity index (χ0n) is 34.1. The topological polar surface area (TPSA) is 48.3 Å². The maximum Gasteiger partial charge on any atom is 0.197 e. The highest BCUT2D eigenvalue weighted by Gasteiger charge is 2.27. The summed E-state index contributed by atoms with van der Waals surface area (Å²) >= 11 is 0. The number of furan rings is 1. The smallest absolute Gasteiger partial charge is 0.197 e. The number of hydrogen-bond donors (Lipinski definition) is 0. The molecule has 63 heavy (non-hydrogen) atoms. The van der Waals surface area contributed by atoms with Crippen LogP contribution in [-0.4, -0.2) is 18.9 Å². The van der Waals surface area contributed by atoms with E-state index in [-0.39, 0.29) is 0 Å². The van der Waals surface area contributed by atoms with E-state index in [9.17, 15) is 0 Å². The van der Waals surface area contributed by atoms with Gasteiger partial charge in [0.15, 0.2) is 17.2 Å². The lowest BCUT2D eigenvalue weighted by Crippen LogP contribution is -2.02. The van der Waals surface area contributed by atoms with Gasteiger partial charge in [-0.05, 0) is 94.8 Å². The van der Waals surface area contributed by atoms with Gasteiger partial charge < -0.3 is 8.82 Å².